The molecule has 0 aromatic heterocycles. The third-order valence-electron chi connectivity index (χ3n) is 4.62. The van der Waals surface area contributed by atoms with E-state index in [0.29, 0.717) is 11.2 Å². The van der Waals surface area contributed by atoms with Crippen molar-refractivity contribution in [3.05, 3.63) is 0 Å². The van der Waals surface area contributed by atoms with Gasteiger partial charge in [-0.25, -0.2) is 0 Å². The highest BCUT2D eigenvalue weighted by atomic mass is 16.1. The Morgan fingerprint density at radius 3 is 2.38 bits per heavy atom. The van der Waals surface area contributed by atoms with Gasteiger partial charge in [-0.2, -0.15) is 0 Å². The fourth-order valence-electron chi connectivity index (χ4n) is 3.56. The summed E-state index contributed by atoms with van der Waals surface area (Å²) in [7, 11) is 0. The summed E-state index contributed by atoms with van der Waals surface area (Å²) in [6, 6.07) is 0. The van der Waals surface area contributed by atoms with Crippen LogP contribution in [0, 0.1) is 17.3 Å². The zero-order valence-corrected chi connectivity index (χ0v) is 8.81. The molecule has 74 valence electrons. The van der Waals surface area contributed by atoms with Crippen molar-refractivity contribution >= 4 is 5.78 Å². The first-order valence-electron chi connectivity index (χ1n) is 5.67. The van der Waals surface area contributed by atoms with Crippen molar-refractivity contribution in [2.75, 3.05) is 0 Å². The van der Waals surface area contributed by atoms with Gasteiger partial charge in [0.05, 0.1) is 0 Å². The molecule has 2 rings (SSSR count). The highest BCUT2D eigenvalue weighted by Gasteiger charge is 2.47. The molecule has 2 aliphatic carbocycles. The molecule has 2 fully saturated rings. The molecule has 0 radical (unpaired) electrons. The molecule has 0 aromatic carbocycles. The molecular formula is C12H20O. The van der Waals surface area contributed by atoms with Crippen LogP contribution in [-0.2, 0) is 4.79 Å². The summed E-state index contributed by atoms with van der Waals surface area (Å²) in [5.74, 6) is 2.09. The van der Waals surface area contributed by atoms with E-state index in [1.807, 2.05) is 0 Å². The average molecular weight is 180 g/mol. The first-order valence-corrected chi connectivity index (χ1v) is 5.67. The Bertz CT molecular complexity index is 209. The molecule has 1 nitrogen and oxygen atoms in total. The Hall–Kier alpha value is -0.330. The quantitative estimate of drug-likeness (QED) is 0.559. The number of ketones is 1. The maximum absolute atomic E-state index is 11.5. The molecule has 1 spiro atoms. The molecule has 0 aromatic rings. The predicted molar refractivity (Wildman–Crippen MR) is 53.5 cm³/mol. The maximum Gasteiger partial charge on any atom is 0.133 e. The molecule has 0 N–H and O–H groups in total. The van der Waals surface area contributed by atoms with E-state index in [9.17, 15) is 4.79 Å². The predicted octanol–water partition coefficient (Wildman–Crippen LogP) is 3.18. The van der Waals surface area contributed by atoms with Gasteiger partial charge in [0.25, 0.3) is 0 Å². The Labute approximate surface area is 80.9 Å². The monoisotopic (exact) mass is 180 g/mol. The Balaban J connectivity index is 2.21. The summed E-state index contributed by atoms with van der Waals surface area (Å²) in [5.41, 5.74) is 0.412. The van der Waals surface area contributed by atoms with E-state index in [4.69, 9.17) is 0 Å². The molecule has 1 heteroatoms. The van der Waals surface area contributed by atoms with Crippen molar-refractivity contribution in [2.45, 2.75) is 52.4 Å². The molecule has 0 heterocycles. The van der Waals surface area contributed by atoms with Gasteiger partial charge in [0.2, 0.25) is 0 Å². The van der Waals surface area contributed by atoms with E-state index in [1.165, 1.54) is 19.3 Å². The Morgan fingerprint density at radius 2 is 1.85 bits per heavy atom. The first kappa shape index (κ1) is 9.23. The minimum absolute atomic E-state index is 0.412. The van der Waals surface area contributed by atoms with Gasteiger partial charge in [0.1, 0.15) is 5.78 Å². The molecule has 0 amide bonds. The number of hydrogen-bond donors (Lipinski definition) is 0. The lowest BCUT2D eigenvalue weighted by molar-refractivity contribution is -0.125. The second-order valence-electron chi connectivity index (χ2n) is 5.18. The van der Waals surface area contributed by atoms with Gasteiger partial charge in [0.15, 0.2) is 0 Å². The van der Waals surface area contributed by atoms with Crippen LogP contribution < -0.4 is 0 Å². The van der Waals surface area contributed by atoms with Crippen LogP contribution >= 0.6 is 0 Å². The van der Waals surface area contributed by atoms with Gasteiger partial charge in [-0.3, -0.25) is 4.79 Å². The van der Waals surface area contributed by atoms with Crippen LogP contribution in [0.2, 0.25) is 0 Å². The summed E-state index contributed by atoms with van der Waals surface area (Å²) in [4.78, 5) is 11.5. The van der Waals surface area contributed by atoms with Crippen molar-refractivity contribution in [3.63, 3.8) is 0 Å². The van der Waals surface area contributed by atoms with E-state index in [1.54, 1.807) is 0 Å². The molecule has 0 bridgehead atoms. The van der Waals surface area contributed by atoms with E-state index in [2.05, 4.69) is 13.8 Å². The van der Waals surface area contributed by atoms with E-state index in [-0.39, 0.29) is 0 Å². The smallest absolute Gasteiger partial charge is 0.133 e. The average Bonchev–Trinajstić information content (AvgIpc) is 2.34. The lowest BCUT2D eigenvalue weighted by Gasteiger charge is -2.40. The zero-order valence-electron chi connectivity index (χ0n) is 8.81. The van der Waals surface area contributed by atoms with Crippen LogP contribution in [-0.4, -0.2) is 5.78 Å². The standard InChI is InChI=1S/C12H20O/c1-9-5-6-10(2)12(9)7-3-4-11(13)8-12/h9-10H,3-8H2,1-2H3/t9-,10+,12?. The fourth-order valence-corrected chi connectivity index (χ4v) is 3.56. The summed E-state index contributed by atoms with van der Waals surface area (Å²) in [5, 5.41) is 0. The van der Waals surface area contributed by atoms with Crippen molar-refractivity contribution in [2.24, 2.45) is 17.3 Å². The first-order chi connectivity index (χ1) is 6.15. The Morgan fingerprint density at radius 1 is 1.23 bits per heavy atom. The molecule has 0 aliphatic heterocycles. The van der Waals surface area contributed by atoms with E-state index in [0.717, 1.165) is 31.1 Å². The molecule has 3 atom stereocenters. The normalized spacial score (nSPS) is 45.8. The molecular weight excluding hydrogens is 160 g/mol. The minimum atomic E-state index is 0.412. The van der Waals surface area contributed by atoms with Crippen molar-refractivity contribution < 1.29 is 4.79 Å². The van der Waals surface area contributed by atoms with Crippen LogP contribution in [0.25, 0.3) is 0 Å². The number of hydrogen-bond acceptors (Lipinski definition) is 1. The van der Waals surface area contributed by atoms with Gasteiger partial charge in [-0.15, -0.1) is 0 Å². The highest BCUT2D eigenvalue weighted by molar-refractivity contribution is 5.80. The second kappa shape index (κ2) is 3.11. The van der Waals surface area contributed by atoms with Crippen LogP contribution in [0.5, 0.6) is 0 Å². The van der Waals surface area contributed by atoms with Gasteiger partial charge >= 0.3 is 0 Å². The Kier molecular flexibility index (Phi) is 2.21. The summed E-state index contributed by atoms with van der Waals surface area (Å²) in [6.45, 7) is 4.70. The minimum Gasteiger partial charge on any atom is -0.300 e. The lowest BCUT2D eigenvalue weighted by Crippen LogP contribution is -2.35. The highest BCUT2D eigenvalue weighted by Crippen LogP contribution is 2.55. The fraction of sp³-hybridized carbons (Fsp3) is 0.917. The van der Waals surface area contributed by atoms with Gasteiger partial charge < -0.3 is 0 Å². The van der Waals surface area contributed by atoms with Gasteiger partial charge in [-0.1, -0.05) is 13.8 Å². The van der Waals surface area contributed by atoms with Gasteiger partial charge in [-0.05, 0) is 42.9 Å². The zero-order chi connectivity index (χ0) is 9.47. The van der Waals surface area contributed by atoms with Crippen molar-refractivity contribution in [1.29, 1.82) is 0 Å². The van der Waals surface area contributed by atoms with Crippen LogP contribution in [0.15, 0.2) is 0 Å². The third-order valence-corrected chi connectivity index (χ3v) is 4.62. The third kappa shape index (κ3) is 1.33. The maximum atomic E-state index is 11.5. The number of Topliss-reactive ketones (excluding diaryl/α,β-unsaturated/α-hetero) is 1. The van der Waals surface area contributed by atoms with Crippen molar-refractivity contribution in [3.8, 4) is 0 Å². The molecule has 13 heavy (non-hydrogen) atoms. The number of rotatable bonds is 0. The van der Waals surface area contributed by atoms with Crippen LogP contribution in [0.4, 0.5) is 0 Å². The van der Waals surface area contributed by atoms with E-state index >= 15 is 0 Å². The molecule has 2 saturated carbocycles. The largest absolute Gasteiger partial charge is 0.300 e. The molecule has 2 aliphatic rings. The SMILES string of the molecule is C[C@@H]1CC[C@H](C)C12CCCC(=O)C2. The van der Waals surface area contributed by atoms with Gasteiger partial charge in [0, 0.05) is 12.8 Å². The summed E-state index contributed by atoms with van der Waals surface area (Å²) >= 11 is 0. The topological polar surface area (TPSA) is 17.1 Å². The van der Waals surface area contributed by atoms with Crippen molar-refractivity contribution in [1.82, 2.24) is 0 Å². The number of carbonyl (C=O) groups is 1. The van der Waals surface area contributed by atoms with Crippen LogP contribution in [0.3, 0.4) is 0 Å². The van der Waals surface area contributed by atoms with Crippen LogP contribution in [0.1, 0.15) is 52.4 Å². The summed E-state index contributed by atoms with van der Waals surface area (Å²) in [6.07, 6.45) is 6.87. The molecule has 1 unspecified atom stereocenters. The second-order valence-corrected chi connectivity index (χ2v) is 5.18. The molecule has 0 saturated heterocycles. The number of carbonyl (C=O) groups excluding carboxylic acids is 1. The van der Waals surface area contributed by atoms with E-state index < -0.39 is 0 Å². The summed E-state index contributed by atoms with van der Waals surface area (Å²) < 4.78 is 0. The lowest BCUT2D eigenvalue weighted by atomic mass is 9.64.